The van der Waals surface area contributed by atoms with Crippen LogP contribution in [0, 0.1) is 0 Å². The van der Waals surface area contributed by atoms with E-state index in [4.69, 9.17) is 4.42 Å². The van der Waals surface area contributed by atoms with E-state index in [-0.39, 0.29) is 12.3 Å². The minimum absolute atomic E-state index is 0.256. The fourth-order valence-corrected chi connectivity index (χ4v) is 1.82. The van der Waals surface area contributed by atoms with Gasteiger partial charge in [-0.25, -0.2) is 0 Å². The predicted octanol–water partition coefficient (Wildman–Crippen LogP) is 4.35. The largest absolute Gasteiger partial charge is 0.455 e. The molecule has 2 rings (SSSR count). The number of hydrogen-bond donors (Lipinski definition) is 1. The van der Waals surface area contributed by atoms with Crippen LogP contribution in [0.4, 0.5) is 13.2 Å². The summed E-state index contributed by atoms with van der Waals surface area (Å²) in [4.78, 5) is 0. The Morgan fingerprint density at radius 3 is 2.26 bits per heavy atom. The molecule has 1 aromatic heterocycles. The van der Waals surface area contributed by atoms with Crippen LogP contribution < -0.4 is 5.32 Å². The summed E-state index contributed by atoms with van der Waals surface area (Å²) < 4.78 is 42.6. The molecular formula is C13H11BrF3NO. The monoisotopic (exact) mass is 333 g/mol. The average Bonchev–Trinajstić information content (AvgIpc) is 2.80. The van der Waals surface area contributed by atoms with Gasteiger partial charge in [-0.2, -0.15) is 13.2 Å². The molecule has 2 nitrogen and oxygen atoms in total. The Hall–Kier alpha value is -1.27. The van der Waals surface area contributed by atoms with E-state index in [1.165, 1.54) is 6.07 Å². The minimum atomic E-state index is -4.43. The molecule has 0 bridgehead atoms. The molecule has 0 aliphatic carbocycles. The van der Waals surface area contributed by atoms with Gasteiger partial charge in [-0.15, -0.1) is 0 Å². The van der Waals surface area contributed by atoms with Gasteiger partial charge in [0.1, 0.15) is 5.76 Å². The van der Waals surface area contributed by atoms with E-state index in [0.717, 1.165) is 16.1 Å². The van der Waals surface area contributed by atoms with Gasteiger partial charge in [0.15, 0.2) is 0 Å². The summed E-state index contributed by atoms with van der Waals surface area (Å²) in [6.07, 6.45) is -4.43. The van der Waals surface area contributed by atoms with E-state index in [0.29, 0.717) is 6.54 Å². The summed E-state index contributed by atoms with van der Waals surface area (Å²) in [5, 5.41) is 3.03. The first-order valence-corrected chi connectivity index (χ1v) is 6.35. The molecule has 0 saturated carbocycles. The van der Waals surface area contributed by atoms with E-state index in [1.54, 1.807) is 0 Å². The summed E-state index contributed by atoms with van der Waals surface area (Å²) in [5.41, 5.74) is 1.05. The van der Waals surface area contributed by atoms with Gasteiger partial charge in [0.2, 0.25) is 5.76 Å². The third-order valence-electron chi connectivity index (χ3n) is 2.48. The molecule has 0 spiro atoms. The normalized spacial score (nSPS) is 11.8. The Morgan fingerprint density at radius 2 is 1.68 bits per heavy atom. The second-order valence-corrected chi connectivity index (χ2v) is 4.91. The molecule has 0 saturated heterocycles. The molecule has 0 amide bonds. The van der Waals surface area contributed by atoms with Crippen molar-refractivity contribution >= 4 is 15.9 Å². The van der Waals surface area contributed by atoms with Gasteiger partial charge in [0.05, 0.1) is 6.54 Å². The van der Waals surface area contributed by atoms with Gasteiger partial charge < -0.3 is 9.73 Å². The van der Waals surface area contributed by atoms with Gasteiger partial charge in [-0.05, 0) is 29.8 Å². The van der Waals surface area contributed by atoms with Crippen molar-refractivity contribution in [3.63, 3.8) is 0 Å². The van der Waals surface area contributed by atoms with Crippen LogP contribution in [0.2, 0.25) is 0 Å². The molecule has 1 aromatic carbocycles. The lowest BCUT2D eigenvalue weighted by Gasteiger charge is -2.04. The number of benzene rings is 1. The fraction of sp³-hybridized carbons (Fsp3) is 0.231. The van der Waals surface area contributed by atoms with Crippen molar-refractivity contribution in [2.24, 2.45) is 0 Å². The zero-order chi connectivity index (χ0) is 13.9. The van der Waals surface area contributed by atoms with Crippen LogP contribution in [0.25, 0.3) is 0 Å². The first-order chi connectivity index (χ1) is 8.95. The molecule has 0 unspecified atom stereocenters. The number of furan rings is 1. The van der Waals surface area contributed by atoms with Crippen molar-refractivity contribution in [2.45, 2.75) is 19.3 Å². The Kier molecular flexibility index (Phi) is 4.31. The van der Waals surface area contributed by atoms with Crippen molar-refractivity contribution in [3.8, 4) is 0 Å². The van der Waals surface area contributed by atoms with Crippen LogP contribution in [0.3, 0.4) is 0 Å². The number of halogens is 4. The zero-order valence-corrected chi connectivity index (χ0v) is 11.4. The smallest absolute Gasteiger partial charge is 0.449 e. The summed E-state index contributed by atoms with van der Waals surface area (Å²) in [5.74, 6) is -0.697. The van der Waals surface area contributed by atoms with Gasteiger partial charge in [0.25, 0.3) is 0 Å². The maximum atomic E-state index is 12.3. The van der Waals surface area contributed by atoms with Gasteiger partial charge >= 0.3 is 6.18 Å². The molecule has 102 valence electrons. The third kappa shape index (κ3) is 4.11. The molecule has 0 atom stereocenters. The lowest BCUT2D eigenvalue weighted by molar-refractivity contribution is -0.153. The Balaban J connectivity index is 1.86. The maximum absolute atomic E-state index is 12.3. The lowest BCUT2D eigenvalue weighted by Crippen LogP contribution is -2.12. The van der Waals surface area contributed by atoms with Crippen LogP contribution in [0.15, 0.2) is 45.3 Å². The SMILES string of the molecule is FC(F)(F)c1ccc(CNCc2ccc(Br)cc2)o1. The summed E-state index contributed by atoms with van der Waals surface area (Å²) in [6.45, 7) is 0.821. The second-order valence-electron chi connectivity index (χ2n) is 3.99. The topological polar surface area (TPSA) is 25.2 Å². The summed E-state index contributed by atoms with van der Waals surface area (Å²) in [6, 6.07) is 9.95. The standard InChI is InChI=1S/C13H11BrF3NO/c14-10-3-1-9(2-4-10)7-18-8-11-5-6-12(19-11)13(15,16)17/h1-6,18H,7-8H2. The summed E-state index contributed by atoms with van der Waals surface area (Å²) in [7, 11) is 0. The van der Waals surface area contributed by atoms with Crippen LogP contribution in [-0.2, 0) is 19.3 Å². The van der Waals surface area contributed by atoms with E-state index in [2.05, 4.69) is 21.2 Å². The first kappa shape index (κ1) is 14.1. The van der Waals surface area contributed by atoms with Gasteiger partial charge in [0, 0.05) is 11.0 Å². The van der Waals surface area contributed by atoms with Crippen molar-refractivity contribution in [1.82, 2.24) is 5.32 Å². The van der Waals surface area contributed by atoms with E-state index < -0.39 is 11.9 Å². The highest BCUT2D eigenvalue weighted by Crippen LogP contribution is 2.30. The summed E-state index contributed by atoms with van der Waals surface area (Å²) >= 11 is 3.33. The first-order valence-electron chi connectivity index (χ1n) is 5.56. The van der Waals surface area contributed by atoms with Crippen molar-refractivity contribution in [2.75, 3.05) is 0 Å². The average molecular weight is 334 g/mol. The van der Waals surface area contributed by atoms with Crippen molar-refractivity contribution in [1.29, 1.82) is 0 Å². The number of nitrogens with one attached hydrogen (secondary N) is 1. The third-order valence-corrected chi connectivity index (χ3v) is 3.01. The number of alkyl halides is 3. The minimum Gasteiger partial charge on any atom is -0.455 e. The van der Waals surface area contributed by atoms with E-state index >= 15 is 0 Å². The molecule has 6 heteroatoms. The van der Waals surface area contributed by atoms with Crippen LogP contribution in [0.1, 0.15) is 17.1 Å². The molecule has 0 fully saturated rings. The Labute approximate surface area is 116 Å². The number of hydrogen-bond acceptors (Lipinski definition) is 2. The number of rotatable bonds is 4. The quantitative estimate of drug-likeness (QED) is 0.899. The van der Waals surface area contributed by atoms with E-state index in [9.17, 15) is 13.2 Å². The second kappa shape index (κ2) is 5.79. The molecule has 1 N–H and O–H groups in total. The molecule has 19 heavy (non-hydrogen) atoms. The highest BCUT2D eigenvalue weighted by Gasteiger charge is 2.34. The predicted molar refractivity (Wildman–Crippen MR) is 68.4 cm³/mol. The van der Waals surface area contributed by atoms with Crippen LogP contribution >= 0.6 is 15.9 Å². The zero-order valence-electron chi connectivity index (χ0n) is 9.80. The maximum Gasteiger partial charge on any atom is 0.449 e. The van der Waals surface area contributed by atoms with Crippen molar-refractivity contribution < 1.29 is 17.6 Å². The van der Waals surface area contributed by atoms with Crippen molar-refractivity contribution in [3.05, 3.63) is 58.0 Å². The van der Waals surface area contributed by atoms with E-state index in [1.807, 2.05) is 24.3 Å². The van der Waals surface area contributed by atoms with Gasteiger partial charge in [-0.3, -0.25) is 0 Å². The molecular weight excluding hydrogens is 323 g/mol. The van der Waals surface area contributed by atoms with Crippen LogP contribution in [0.5, 0.6) is 0 Å². The van der Waals surface area contributed by atoms with Gasteiger partial charge in [-0.1, -0.05) is 28.1 Å². The van der Waals surface area contributed by atoms with Crippen LogP contribution in [-0.4, -0.2) is 0 Å². The Morgan fingerprint density at radius 1 is 1.00 bits per heavy atom. The Bertz CT molecular complexity index is 534. The highest BCUT2D eigenvalue weighted by molar-refractivity contribution is 9.10. The molecule has 0 aliphatic rings. The fourth-order valence-electron chi connectivity index (χ4n) is 1.56. The molecule has 2 aromatic rings. The molecule has 0 radical (unpaired) electrons. The highest BCUT2D eigenvalue weighted by atomic mass is 79.9. The molecule has 1 heterocycles. The lowest BCUT2D eigenvalue weighted by atomic mass is 10.2. The molecule has 0 aliphatic heterocycles.